The Labute approximate surface area is 118 Å². The predicted octanol–water partition coefficient (Wildman–Crippen LogP) is -0.192. The minimum atomic E-state index is -3.03. The Hall–Kier alpha value is -0.560. The molecular formula is C13H20NO3S2+. The van der Waals surface area contributed by atoms with E-state index in [9.17, 15) is 13.5 Å². The molecule has 106 valence electrons. The smallest absolute Gasteiger partial charge is 0.159 e. The number of aliphatic hydroxyl groups excluding tert-OH is 1. The summed E-state index contributed by atoms with van der Waals surface area (Å²) in [6.45, 7) is 2.87. The van der Waals surface area contributed by atoms with Gasteiger partial charge in [-0.1, -0.05) is 17.7 Å². The Morgan fingerprint density at radius 2 is 2.00 bits per heavy atom. The molecule has 3 N–H and O–H groups in total. The molecule has 2 atom stereocenters. The van der Waals surface area contributed by atoms with Crippen LogP contribution in [0.3, 0.4) is 0 Å². The molecule has 0 aromatic heterocycles. The summed E-state index contributed by atoms with van der Waals surface area (Å²) < 4.78 is 22.7. The highest BCUT2D eigenvalue weighted by molar-refractivity contribution is 7.99. The van der Waals surface area contributed by atoms with Gasteiger partial charge in [0.1, 0.15) is 17.9 Å². The molecule has 1 aliphatic rings. The van der Waals surface area contributed by atoms with Crippen molar-refractivity contribution in [2.24, 2.45) is 0 Å². The summed E-state index contributed by atoms with van der Waals surface area (Å²) in [4.78, 5) is 1.22. The first-order chi connectivity index (χ1) is 8.96. The molecule has 1 aliphatic heterocycles. The van der Waals surface area contributed by atoms with Crippen molar-refractivity contribution >= 4 is 21.6 Å². The number of aryl methyl sites for hydroxylation is 1. The van der Waals surface area contributed by atoms with Crippen molar-refractivity contribution in [3.05, 3.63) is 29.8 Å². The Balaban J connectivity index is 1.71. The minimum Gasteiger partial charge on any atom is -0.386 e. The van der Waals surface area contributed by atoms with Crippen LogP contribution in [0.5, 0.6) is 0 Å². The predicted molar refractivity (Wildman–Crippen MR) is 77.1 cm³/mol. The summed E-state index contributed by atoms with van der Waals surface area (Å²) in [6.07, 6.45) is -0.714. The van der Waals surface area contributed by atoms with Gasteiger partial charge in [0.25, 0.3) is 0 Å². The lowest BCUT2D eigenvalue weighted by atomic mass is 10.2. The average Bonchev–Trinajstić information content (AvgIpc) is 2.60. The first-order valence-corrected chi connectivity index (χ1v) is 9.18. The number of aliphatic hydroxyl groups is 1. The highest BCUT2D eigenvalue weighted by Crippen LogP contribution is 2.17. The van der Waals surface area contributed by atoms with Crippen molar-refractivity contribution in [2.45, 2.75) is 24.0 Å². The third-order valence-corrected chi connectivity index (χ3v) is 6.03. The second-order valence-electron chi connectivity index (χ2n) is 4.99. The summed E-state index contributed by atoms with van der Waals surface area (Å²) in [6, 6.07) is 8.16. The van der Waals surface area contributed by atoms with Gasteiger partial charge in [0.2, 0.25) is 0 Å². The zero-order chi connectivity index (χ0) is 13.9. The average molecular weight is 302 g/mol. The molecule has 0 bridgehead atoms. The van der Waals surface area contributed by atoms with E-state index in [0.717, 1.165) is 12.3 Å². The number of quaternary nitrogens is 1. The molecular weight excluding hydrogens is 282 g/mol. The van der Waals surface area contributed by atoms with Gasteiger partial charge >= 0.3 is 0 Å². The molecule has 19 heavy (non-hydrogen) atoms. The van der Waals surface area contributed by atoms with Crippen molar-refractivity contribution < 1.29 is 18.8 Å². The van der Waals surface area contributed by atoms with Gasteiger partial charge in [-0.05, 0) is 19.1 Å². The van der Waals surface area contributed by atoms with E-state index in [0.29, 0.717) is 0 Å². The molecule has 4 nitrogen and oxygen atoms in total. The number of hydrogen-bond acceptors (Lipinski definition) is 4. The summed E-state index contributed by atoms with van der Waals surface area (Å²) in [5.74, 6) is 0.926. The van der Waals surface area contributed by atoms with Crippen LogP contribution < -0.4 is 5.32 Å². The van der Waals surface area contributed by atoms with Crippen LogP contribution in [0.2, 0.25) is 0 Å². The molecule has 0 saturated carbocycles. The summed E-state index contributed by atoms with van der Waals surface area (Å²) >= 11 is 1.75. The van der Waals surface area contributed by atoms with Crippen LogP contribution in [-0.4, -0.2) is 49.5 Å². The van der Waals surface area contributed by atoms with Crippen LogP contribution in [0, 0.1) is 6.92 Å². The number of rotatable bonds is 5. The maximum Gasteiger partial charge on any atom is 0.159 e. The fraction of sp³-hybridized carbons (Fsp3) is 0.538. The molecule has 1 heterocycles. The number of hydrogen-bond donors (Lipinski definition) is 2. The standard InChI is InChI=1S/C13H19NO3S2/c1-10-2-4-11(5-3-10)18-7-6-14-12-8-19(16,17)9-13(12)15/h2-5,12-15H,6-9H2,1H3/p+1/t12-,13+/m0/s1. The van der Waals surface area contributed by atoms with Gasteiger partial charge in [-0.25, -0.2) is 8.42 Å². The van der Waals surface area contributed by atoms with E-state index < -0.39 is 15.9 Å². The quantitative estimate of drug-likeness (QED) is 0.584. The van der Waals surface area contributed by atoms with Crippen LogP contribution in [0.15, 0.2) is 29.2 Å². The fourth-order valence-corrected chi connectivity index (χ4v) is 4.84. The fourth-order valence-electron chi connectivity index (χ4n) is 2.17. The lowest BCUT2D eigenvalue weighted by Gasteiger charge is -2.11. The van der Waals surface area contributed by atoms with Crippen molar-refractivity contribution in [3.63, 3.8) is 0 Å². The molecule has 1 saturated heterocycles. The molecule has 1 aromatic carbocycles. The molecule has 0 amide bonds. The van der Waals surface area contributed by atoms with E-state index in [1.165, 1.54) is 10.5 Å². The molecule has 1 fully saturated rings. The zero-order valence-corrected chi connectivity index (χ0v) is 12.6. The van der Waals surface area contributed by atoms with Crippen molar-refractivity contribution in [3.8, 4) is 0 Å². The van der Waals surface area contributed by atoms with Gasteiger partial charge < -0.3 is 10.4 Å². The number of nitrogens with two attached hydrogens (primary N) is 1. The van der Waals surface area contributed by atoms with Crippen molar-refractivity contribution in [1.82, 2.24) is 0 Å². The van der Waals surface area contributed by atoms with Crippen LogP contribution in [0.25, 0.3) is 0 Å². The lowest BCUT2D eigenvalue weighted by Crippen LogP contribution is -2.93. The van der Waals surface area contributed by atoms with E-state index in [2.05, 4.69) is 31.2 Å². The highest BCUT2D eigenvalue weighted by atomic mass is 32.2. The maximum absolute atomic E-state index is 11.4. The van der Waals surface area contributed by atoms with Gasteiger partial charge in [0, 0.05) is 10.6 Å². The summed E-state index contributed by atoms with van der Waals surface area (Å²) in [7, 11) is -3.03. The van der Waals surface area contributed by atoms with Crippen molar-refractivity contribution in [2.75, 3.05) is 23.8 Å². The minimum absolute atomic E-state index is 0.0841. The van der Waals surface area contributed by atoms with Gasteiger partial charge in [-0.3, -0.25) is 0 Å². The van der Waals surface area contributed by atoms with Crippen LogP contribution in [0.1, 0.15) is 5.56 Å². The second kappa shape index (κ2) is 6.26. The Morgan fingerprint density at radius 3 is 2.58 bits per heavy atom. The topological polar surface area (TPSA) is 71.0 Å². The monoisotopic (exact) mass is 302 g/mol. The van der Waals surface area contributed by atoms with E-state index in [4.69, 9.17) is 0 Å². The molecule has 1 aromatic rings. The number of sulfone groups is 1. The van der Waals surface area contributed by atoms with E-state index in [1.54, 1.807) is 11.8 Å². The summed E-state index contributed by atoms with van der Waals surface area (Å²) in [5.41, 5.74) is 1.25. The molecule has 0 aliphatic carbocycles. The highest BCUT2D eigenvalue weighted by Gasteiger charge is 2.38. The first kappa shape index (κ1) is 14.8. The first-order valence-electron chi connectivity index (χ1n) is 6.37. The number of benzene rings is 1. The second-order valence-corrected chi connectivity index (χ2v) is 8.32. The Bertz CT molecular complexity index is 513. The van der Waals surface area contributed by atoms with E-state index in [1.807, 2.05) is 5.32 Å². The summed E-state index contributed by atoms with van der Waals surface area (Å²) in [5, 5.41) is 11.6. The third-order valence-electron chi connectivity index (χ3n) is 3.24. The largest absolute Gasteiger partial charge is 0.386 e. The zero-order valence-electron chi connectivity index (χ0n) is 11.0. The van der Waals surface area contributed by atoms with E-state index >= 15 is 0 Å². The van der Waals surface area contributed by atoms with Crippen LogP contribution in [-0.2, 0) is 9.84 Å². The van der Waals surface area contributed by atoms with E-state index in [-0.39, 0.29) is 17.5 Å². The van der Waals surface area contributed by atoms with Crippen LogP contribution in [0.4, 0.5) is 0 Å². The Morgan fingerprint density at radius 1 is 1.32 bits per heavy atom. The van der Waals surface area contributed by atoms with Gasteiger partial charge in [-0.2, -0.15) is 0 Å². The molecule has 0 radical (unpaired) electrons. The van der Waals surface area contributed by atoms with Gasteiger partial charge in [-0.15, -0.1) is 11.8 Å². The number of thioether (sulfide) groups is 1. The van der Waals surface area contributed by atoms with Crippen LogP contribution >= 0.6 is 11.8 Å². The lowest BCUT2D eigenvalue weighted by molar-refractivity contribution is -0.686. The molecule has 0 unspecified atom stereocenters. The molecule has 2 rings (SSSR count). The molecule has 6 heteroatoms. The van der Waals surface area contributed by atoms with Gasteiger partial charge in [0.15, 0.2) is 9.84 Å². The molecule has 0 spiro atoms. The normalized spacial score (nSPS) is 25.6. The van der Waals surface area contributed by atoms with Gasteiger partial charge in [0.05, 0.1) is 12.3 Å². The third kappa shape index (κ3) is 4.49. The Kier molecular flexibility index (Phi) is 4.89. The van der Waals surface area contributed by atoms with Crippen molar-refractivity contribution in [1.29, 1.82) is 0 Å². The SMILES string of the molecule is Cc1ccc(SCC[NH2+][C@H]2CS(=O)(=O)C[C@H]2O)cc1. The maximum atomic E-state index is 11.4.